The van der Waals surface area contributed by atoms with E-state index in [9.17, 15) is 0 Å². The van der Waals surface area contributed by atoms with Crippen LogP contribution >= 0.6 is 0 Å². The maximum Gasteiger partial charge on any atom is 0.216 e. The molecule has 1 atom stereocenters. The molecule has 1 N–H and O–H groups in total. The topological polar surface area (TPSA) is 59.9 Å². The molecule has 2 heterocycles. The molecule has 0 aliphatic rings. The van der Waals surface area contributed by atoms with Crippen LogP contribution in [0.15, 0.2) is 30.7 Å². The van der Waals surface area contributed by atoms with Crippen LogP contribution in [0, 0.1) is 0 Å². The number of hydrogen-bond acceptors (Lipinski definition) is 5. The number of nitrogens with one attached hydrogen (secondary N) is 1. The lowest BCUT2D eigenvalue weighted by Crippen LogP contribution is -2.24. The van der Waals surface area contributed by atoms with Gasteiger partial charge in [-0.15, -0.1) is 0 Å². The lowest BCUT2D eigenvalue weighted by molar-refractivity contribution is 0.393. The van der Waals surface area contributed by atoms with E-state index >= 15 is 0 Å². The molecule has 5 nitrogen and oxygen atoms in total. The van der Waals surface area contributed by atoms with Gasteiger partial charge in [-0.1, -0.05) is 19.9 Å². The summed E-state index contributed by atoms with van der Waals surface area (Å²) in [6.45, 7) is 5.08. The maximum absolute atomic E-state index is 5.17. The van der Waals surface area contributed by atoms with Gasteiger partial charge in [0.25, 0.3) is 0 Å². The molecule has 21 heavy (non-hydrogen) atoms. The lowest BCUT2D eigenvalue weighted by atomic mass is 10.1. The minimum atomic E-state index is 0.104. The number of likely N-dealkylation sites (N-methyl/N-ethyl adjacent to an activating group) is 1. The SMILES string of the molecule is CCNC(Cc1ccc(CC)cn1)c1cc(OC)ncn1. The summed E-state index contributed by atoms with van der Waals surface area (Å²) in [5, 5.41) is 3.44. The van der Waals surface area contributed by atoms with Gasteiger partial charge in [0.2, 0.25) is 5.88 Å². The molecule has 0 fully saturated rings. The molecule has 0 bridgehead atoms. The molecule has 0 spiro atoms. The van der Waals surface area contributed by atoms with E-state index in [1.807, 2.05) is 12.3 Å². The number of aryl methyl sites for hydroxylation is 1. The van der Waals surface area contributed by atoms with Crippen LogP contribution in [0.25, 0.3) is 0 Å². The third-order valence-electron chi connectivity index (χ3n) is 3.39. The Morgan fingerprint density at radius 2 is 2.05 bits per heavy atom. The second-order valence-corrected chi connectivity index (χ2v) is 4.81. The molecule has 0 amide bonds. The molecule has 2 aromatic heterocycles. The number of aromatic nitrogens is 3. The Bertz CT molecular complexity index is 556. The molecule has 0 saturated heterocycles. The van der Waals surface area contributed by atoms with Gasteiger partial charge in [-0.05, 0) is 24.6 Å². The standard InChI is InChI=1S/C16H22N4O/c1-4-12-6-7-13(18-10-12)8-14(17-5-2)15-9-16(21-3)20-11-19-15/h6-7,9-11,14,17H,4-5,8H2,1-3H3. The van der Waals surface area contributed by atoms with Crippen molar-refractivity contribution in [1.82, 2.24) is 20.3 Å². The monoisotopic (exact) mass is 286 g/mol. The van der Waals surface area contributed by atoms with E-state index in [1.165, 1.54) is 11.9 Å². The van der Waals surface area contributed by atoms with Crippen LogP contribution < -0.4 is 10.1 Å². The Kier molecular flexibility index (Phi) is 5.63. The summed E-state index contributed by atoms with van der Waals surface area (Å²) in [4.78, 5) is 12.9. The summed E-state index contributed by atoms with van der Waals surface area (Å²) in [5.41, 5.74) is 3.23. The van der Waals surface area contributed by atoms with Crippen LogP contribution in [-0.4, -0.2) is 28.6 Å². The van der Waals surface area contributed by atoms with Gasteiger partial charge >= 0.3 is 0 Å². The van der Waals surface area contributed by atoms with Gasteiger partial charge in [-0.25, -0.2) is 9.97 Å². The highest BCUT2D eigenvalue weighted by molar-refractivity contribution is 5.20. The summed E-state index contributed by atoms with van der Waals surface area (Å²) < 4.78 is 5.17. The highest BCUT2D eigenvalue weighted by Gasteiger charge is 2.14. The maximum atomic E-state index is 5.17. The first-order valence-electron chi connectivity index (χ1n) is 7.29. The van der Waals surface area contributed by atoms with Gasteiger partial charge in [-0.2, -0.15) is 0 Å². The lowest BCUT2D eigenvalue weighted by Gasteiger charge is -2.17. The van der Waals surface area contributed by atoms with E-state index in [-0.39, 0.29) is 6.04 Å². The van der Waals surface area contributed by atoms with Crippen LogP contribution in [0.3, 0.4) is 0 Å². The van der Waals surface area contributed by atoms with Crippen LogP contribution in [0.2, 0.25) is 0 Å². The van der Waals surface area contributed by atoms with Gasteiger partial charge in [-0.3, -0.25) is 4.98 Å². The minimum Gasteiger partial charge on any atom is -0.481 e. The van der Waals surface area contributed by atoms with E-state index in [0.717, 1.165) is 30.8 Å². The van der Waals surface area contributed by atoms with E-state index in [4.69, 9.17) is 4.74 Å². The first-order valence-corrected chi connectivity index (χ1v) is 7.29. The third kappa shape index (κ3) is 4.23. The van der Waals surface area contributed by atoms with Crippen LogP contribution in [0.4, 0.5) is 0 Å². The van der Waals surface area contributed by atoms with Crippen molar-refractivity contribution >= 4 is 0 Å². The van der Waals surface area contributed by atoms with E-state index in [2.05, 4.69) is 46.2 Å². The van der Waals surface area contributed by atoms with Gasteiger partial charge < -0.3 is 10.1 Å². The van der Waals surface area contributed by atoms with Crippen molar-refractivity contribution in [1.29, 1.82) is 0 Å². The Labute approximate surface area is 125 Å². The Hall–Kier alpha value is -2.01. The highest BCUT2D eigenvalue weighted by atomic mass is 16.5. The molecule has 0 aliphatic heterocycles. The molecule has 0 saturated carbocycles. The largest absolute Gasteiger partial charge is 0.481 e. The molecular formula is C16H22N4O. The second kappa shape index (κ2) is 7.69. The van der Waals surface area contributed by atoms with E-state index < -0.39 is 0 Å². The van der Waals surface area contributed by atoms with Gasteiger partial charge in [0, 0.05) is 24.4 Å². The fraction of sp³-hybridized carbons (Fsp3) is 0.438. The van der Waals surface area contributed by atoms with Crippen LogP contribution in [0.1, 0.15) is 36.8 Å². The molecule has 1 unspecified atom stereocenters. The Balaban J connectivity index is 2.17. The number of hydrogen-bond donors (Lipinski definition) is 1. The molecule has 2 aromatic rings. The minimum absolute atomic E-state index is 0.104. The van der Waals surface area contributed by atoms with Crippen LogP contribution in [-0.2, 0) is 12.8 Å². The molecular weight excluding hydrogens is 264 g/mol. The van der Waals surface area contributed by atoms with Crippen molar-refractivity contribution < 1.29 is 4.74 Å². The summed E-state index contributed by atoms with van der Waals surface area (Å²) in [6, 6.07) is 6.19. The Morgan fingerprint density at radius 1 is 1.19 bits per heavy atom. The molecule has 2 rings (SSSR count). The predicted molar refractivity (Wildman–Crippen MR) is 82.3 cm³/mol. The van der Waals surface area contributed by atoms with Crippen molar-refractivity contribution in [3.63, 3.8) is 0 Å². The number of pyridine rings is 1. The molecule has 112 valence electrons. The van der Waals surface area contributed by atoms with Crippen LogP contribution in [0.5, 0.6) is 5.88 Å². The average Bonchev–Trinajstić information content (AvgIpc) is 2.55. The van der Waals surface area contributed by atoms with Crippen molar-refractivity contribution in [2.75, 3.05) is 13.7 Å². The van der Waals surface area contributed by atoms with Crippen molar-refractivity contribution in [3.8, 4) is 5.88 Å². The number of ether oxygens (including phenoxy) is 1. The van der Waals surface area contributed by atoms with E-state index in [1.54, 1.807) is 7.11 Å². The average molecular weight is 286 g/mol. The van der Waals surface area contributed by atoms with E-state index in [0.29, 0.717) is 5.88 Å². The molecule has 0 aromatic carbocycles. The van der Waals surface area contributed by atoms with Crippen molar-refractivity contribution in [3.05, 3.63) is 47.7 Å². The quantitative estimate of drug-likeness (QED) is 0.846. The summed E-state index contributed by atoms with van der Waals surface area (Å²) in [7, 11) is 1.61. The second-order valence-electron chi connectivity index (χ2n) is 4.81. The van der Waals surface area contributed by atoms with Gasteiger partial charge in [0.1, 0.15) is 6.33 Å². The third-order valence-corrected chi connectivity index (χ3v) is 3.39. The molecule has 0 radical (unpaired) electrons. The Morgan fingerprint density at radius 3 is 2.67 bits per heavy atom. The highest BCUT2D eigenvalue weighted by Crippen LogP contribution is 2.18. The van der Waals surface area contributed by atoms with Crippen molar-refractivity contribution in [2.45, 2.75) is 32.7 Å². The predicted octanol–water partition coefficient (Wildman–Crippen LogP) is 2.34. The zero-order chi connectivity index (χ0) is 15.1. The summed E-state index contributed by atoms with van der Waals surface area (Å²) in [6.07, 6.45) is 5.27. The first kappa shape index (κ1) is 15.4. The molecule has 5 heteroatoms. The fourth-order valence-corrected chi connectivity index (χ4v) is 2.18. The summed E-state index contributed by atoms with van der Waals surface area (Å²) >= 11 is 0. The number of nitrogens with zero attached hydrogens (tertiary/aromatic N) is 3. The smallest absolute Gasteiger partial charge is 0.216 e. The zero-order valence-corrected chi connectivity index (χ0v) is 12.8. The first-order chi connectivity index (χ1) is 10.3. The summed E-state index contributed by atoms with van der Waals surface area (Å²) in [5.74, 6) is 0.581. The van der Waals surface area contributed by atoms with Gasteiger partial charge in [0.15, 0.2) is 0 Å². The fourth-order valence-electron chi connectivity index (χ4n) is 2.18. The zero-order valence-electron chi connectivity index (χ0n) is 12.8. The van der Waals surface area contributed by atoms with Gasteiger partial charge in [0.05, 0.1) is 18.8 Å². The molecule has 0 aliphatic carbocycles. The number of rotatable bonds is 7. The van der Waals surface area contributed by atoms with Crippen molar-refractivity contribution in [2.24, 2.45) is 0 Å². The normalized spacial score (nSPS) is 12.1. The number of methoxy groups -OCH3 is 1.